The molecule has 0 aromatic heterocycles. The molecule has 0 spiro atoms. The molecule has 1 aromatic rings. The molecule has 2 rings (SSSR count). The summed E-state index contributed by atoms with van der Waals surface area (Å²) >= 11 is 3.40. The van der Waals surface area contributed by atoms with Gasteiger partial charge in [0.05, 0.1) is 18.1 Å². The number of rotatable bonds is 4. The third-order valence-corrected chi connectivity index (χ3v) is 4.35. The van der Waals surface area contributed by atoms with Crippen LogP contribution in [0.25, 0.3) is 0 Å². The Kier molecular flexibility index (Phi) is 3.69. The topological polar surface area (TPSA) is 26.3 Å². The van der Waals surface area contributed by atoms with E-state index in [2.05, 4.69) is 15.9 Å². The van der Waals surface area contributed by atoms with Gasteiger partial charge < -0.3 is 4.74 Å². The van der Waals surface area contributed by atoms with Crippen molar-refractivity contribution in [1.82, 2.24) is 0 Å². The van der Waals surface area contributed by atoms with E-state index < -0.39 is 0 Å². The second-order valence-electron chi connectivity index (χ2n) is 4.82. The molecule has 17 heavy (non-hydrogen) atoms. The molecule has 2 unspecified atom stereocenters. The maximum atomic E-state index is 11.6. The minimum Gasteiger partial charge on any atom is -0.372 e. The first-order valence-electron chi connectivity index (χ1n) is 5.95. The number of hydrogen-bond acceptors (Lipinski definition) is 2. The number of ketones is 1. The highest BCUT2D eigenvalue weighted by molar-refractivity contribution is 9.10. The van der Waals surface area contributed by atoms with Crippen molar-refractivity contribution in [3.63, 3.8) is 0 Å². The Morgan fingerprint density at radius 1 is 1.41 bits per heavy atom. The lowest BCUT2D eigenvalue weighted by atomic mass is 9.64. The summed E-state index contributed by atoms with van der Waals surface area (Å²) in [7, 11) is 0. The summed E-state index contributed by atoms with van der Waals surface area (Å²) in [5.41, 5.74) is 0.890. The van der Waals surface area contributed by atoms with Crippen molar-refractivity contribution < 1.29 is 9.53 Å². The molecule has 2 atom stereocenters. The molecule has 0 heterocycles. The molecule has 1 aliphatic rings. The molecule has 2 nitrogen and oxygen atoms in total. The predicted octanol–water partition coefficient (Wildman–Crippen LogP) is 3.72. The number of carbonyl (C=O) groups excluding carboxylic acids is 1. The average molecular weight is 297 g/mol. The number of benzene rings is 1. The fourth-order valence-electron chi connectivity index (χ4n) is 2.12. The Hall–Kier alpha value is -0.670. The van der Waals surface area contributed by atoms with Gasteiger partial charge in [-0.25, -0.2) is 0 Å². The second kappa shape index (κ2) is 4.91. The first-order valence-corrected chi connectivity index (χ1v) is 6.75. The molecule has 92 valence electrons. The van der Waals surface area contributed by atoms with Crippen LogP contribution in [-0.2, 0) is 16.1 Å². The van der Waals surface area contributed by atoms with Crippen molar-refractivity contribution >= 4 is 21.7 Å². The van der Waals surface area contributed by atoms with Gasteiger partial charge in [0, 0.05) is 10.9 Å². The van der Waals surface area contributed by atoms with Gasteiger partial charge in [-0.05, 0) is 24.1 Å². The Morgan fingerprint density at radius 2 is 2.06 bits per heavy atom. The van der Waals surface area contributed by atoms with Gasteiger partial charge in [0.25, 0.3) is 0 Å². The van der Waals surface area contributed by atoms with Gasteiger partial charge in [-0.1, -0.05) is 41.9 Å². The standard InChI is InChI=1S/C14H17BrO2/c1-3-14(2)12(16)8-13(14)17-9-10-4-6-11(15)7-5-10/h4-7,13H,3,8-9H2,1-2H3. The van der Waals surface area contributed by atoms with E-state index >= 15 is 0 Å². The first-order chi connectivity index (χ1) is 8.06. The summed E-state index contributed by atoms with van der Waals surface area (Å²) in [5, 5.41) is 0. The van der Waals surface area contributed by atoms with Crippen LogP contribution in [0.15, 0.2) is 28.7 Å². The predicted molar refractivity (Wildman–Crippen MR) is 70.7 cm³/mol. The normalized spacial score (nSPS) is 27.9. The Bertz CT molecular complexity index is 413. The molecule has 1 aliphatic carbocycles. The summed E-state index contributed by atoms with van der Waals surface area (Å²) in [5.74, 6) is 0.334. The molecule has 1 saturated carbocycles. The van der Waals surface area contributed by atoms with E-state index in [0.29, 0.717) is 18.8 Å². The van der Waals surface area contributed by atoms with Crippen LogP contribution in [0.5, 0.6) is 0 Å². The number of ether oxygens (including phenoxy) is 1. The zero-order valence-corrected chi connectivity index (χ0v) is 11.8. The molecule has 1 fully saturated rings. The fraction of sp³-hybridized carbons (Fsp3) is 0.500. The molecule has 0 saturated heterocycles. The Morgan fingerprint density at radius 3 is 2.59 bits per heavy atom. The van der Waals surface area contributed by atoms with Gasteiger partial charge in [0.1, 0.15) is 5.78 Å². The molecule has 1 aromatic carbocycles. The largest absolute Gasteiger partial charge is 0.372 e. The quantitative estimate of drug-likeness (QED) is 0.846. The van der Waals surface area contributed by atoms with Crippen molar-refractivity contribution in [2.24, 2.45) is 5.41 Å². The SMILES string of the molecule is CCC1(C)C(=O)CC1OCc1ccc(Br)cc1. The van der Waals surface area contributed by atoms with Crippen molar-refractivity contribution in [1.29, 1.82) is 0 Å². The van der Waals surface area contributed by atoms with Gasteiger partial charge in [0.2, 0.25) is 0 Å². The van der Waals surface area contributed by atoms with Crippen LogP contribution in [0.4, 0.5) is 0 Å². The highest BCUT2D eigenvalue weighted by Gasteiger charge is 2.50. The van der Waals surface area contributed by atoms with Crippen LogP contribution in [0.1, 0.15) is 32.3 Å². The minimum atomic E-state index is -0.255. The Balaban J connectivity index is 1.91. The van der Waals surface area contributed by atoms with Crippen LogP contribution >= 0.6 is 15.9 Å². The molecular formula is C14H17BrO2. The third kappa shape index (κ3) is 2.45. The van der Waals surface area contributed by atoms with Crippen LogP contribution in [0.2, 0.25) is 0 Å². The fourth-order valence-corrected chi connectivity index (χ4v) is 2.38. The van der Waals surface area contributed by atoms with E-state index in [0.717, 1.165) is 16.5 Å². The molecular weight excluding hydrogens is 280 g/mol. The monoisotopic (exact) mass is 296 g/mol. The molecule has 3 heteroatoms. The lowest BCUT2D eigenvalue weighted by molar-refractivity contribution is -0.163. The number of hydrogen-bond donors (Lipinski definition) is 0. The van der Waals surface area contributed by atoms with Crippen LogP contribution in [0, 0.1) is 5.41 Å². The molecule has 0 radical (unpaired) electrons. The average Bonchev–Trinajstić information content (AvgIpc) is 2.35. The summed E-state index contributed by atoms with van der Waals surface area (Å²) in [6, 6.07) is 8.08. The van der Waals surface area contributed by atoms with Crippen molar-refractivity contribution in [2.75, 3.05) is 0 Å². The number of Topliss-reactive ketones (excluding diaryl/α,β-unsaturated/α-hetero) is 1. The zero-order valence-electron chi connectivity index (χ0n) is 10.2. The van der Waals surface area contributed by atoms with E-state index in [1.54, 1.807) is 0 Å². The van der Waals surface area contributed by atoms with E-state index in [9.17, 15) is 4.79 Å². The van der Waals surface area contributed by atoms with E-state index in [1.165, 1.54) is 0 Å². The molecule has 0 N–H and O–H groups in total. The van der Waals surface area contributed by atoms with Crippen molar-refractivity contribution in [3.05, 3.63) is 34.3 Å². The maximum Gasteiger partial charge on any atom is 0.143 e. The molecule has 0 bridgehead atoms. The van der Waals surface area contributed by atoms with Gasteiger partial charge in [-0.3, -0.25) is 4.79 Å². The zero-order chi connectivity index (χ0) is 12.5. The van der Waals surface area contributed by atoms with E-state index in [-0.39, 0.29) is 11.5 Å². The smallest absolute Gasteiger partial charge is 0.143 e. The highest BCUT2D eigenvalue weighted by Crippen LogP contribution is 2.42. The van der Waals surface area contributed by atoms with E-state index in [1.807, 2.05) is 38.1 Å². The van der Waals surface area contributed by atoms with E-state index in [4.69, 9.17) is 4.74 Å². The highest BCUT2D eigenvalue weighted by atomic mass is 79.9. The van der Waals surface area contributed by atoms with Crippen LogP contribution < -0.4 is 0 Å². The van der Waals surface area contributed by atoms with Crippen molar-refractivity contribution in [2.45, 2.75) is 39.4 Å². The summed E-state index contributed by atoms with van der Waals surface area (Å²) in [4.78, 5) is 11.6. The first kappa shape index (κ1) is 12.8. The third-order valence-electron chi connectivity index (χ3n) is 3.82. The van der Waals surface area contributed by atoms with Gasteiger partial charge in [0.15, 0.2) is 0 Å². The molecule has 0 aliphatic heterocycles. The van der Waals surface area contributed by atoms with Gasteiger partial charge in [-0.2, -0.15) is 0 Å². The lowest BCUT2D eigenvalue weighted by Crippen LogP contribution is -2.52. The van der Waals surface area contributed by atoms with Crippen molar-refractivity contribution in [3.8, 4) is 0 Å². The Labute approximate surface area is 110 Å². The minimum absolute atomic E-state index is 0.0867. The van der Waals surface area contributed by atoms with Crippen LogP contribution in [0.3, 0.4) is 0 Å². The van der Waals surface area contributed by atoms with Crippen LogP contribution in [-0.4, -0.2) is 11.9 Å². The lowest BCUT2D eigenvalue weighted by Gasteiger charge is -2.44. The maximum absolute atomic E-state index is 11.6. The summed E-state index contributed by atoms with van der Waals surface area (Å²) in [6.45, 7) is 4.64. The van der Waals surface area contributed by atoms with Gasteiger partial charge >= 0.3 is 0 Å². The number of halogens is 1. The second-order valence-corrected chi connectivity index (χ2v) is 5.74. The molecule has 0 amide bonds. The number of carbonyl (C=O) groups is 1. The summed E-state index contributed by atoms with van der Waals surface area (Å²) < 4.78 is 6.91. The summed E-state index contributed by atoms with van der Waals surface area (Å²) in [6.07, 6.45) is 1.51. The van der Waals surface area contributed by atoms with Gasteiger partial charge in [-0.15, -0.1) is 0 Å².